The molecule has 0 saturated heterocycles. The van der Waals surface area contributed by atoms with Gasteiger partial charge in [-0.3, -0.25) is 9.59 Å². The highest BCUT2D eigenvalue weighted by atomic mass is 35.5. The number of amidine groups is 1. The van der Waals surface area contributed by atoms with E-state index < -0.39 is 16.9 Å². The number of hydrogen-bond acceptors (Lipinski definition) is 4. The molecule has 8 heteroatoms. The molecule has 3 heterocycles. The molecule has 3 aliphatic rings. The summed E-state index contributed by atoms with van der Waals surface area (Å²) < 4.78 is 0. The van der Waals surface area contributed by atoms with Crippen LogP contribution >= 0.6 is 35.0 Å². The summed E-state index contributed by atoms with van der Waals surface area (Å²) in [7, 11) is 0. The van der Waals surface area contributed by atoms with Gasteiger partial charge in [-0.05, 0) is 67.4 Å². The number of aliphatic imine (C=N–C) groups is 1. The van der Waals surface area contributed by atoms with Crippen LogP contribution in [-0.4, -0.2) is 22.5 Å². The molecule has 1 atom stereocenters. The van der Waals surface area contributed by atoms with Gasteiger partial charge < -0.3 is 10.6 Å². The average Bonchev–Trinajstić information content (AvgIpc) is 3.15. The molecule has 2 amide bonds. The number of carbonyl (C=O) groups is 2. The summed E-state index contributed by atoms with van der Waals surface area (Å²) in [6.07, 6.45) is 0.669. The normalized spacial score (nSPS) is 26.4. The van der Waals surface area contributed by atoms with Crippen molar-refractivity contribution >= 4 is 63.2 Å². The number of rotatable bonds is 1. The Morgan fingerprint density at radius 3 is 2.35 bits per heavy atom. The molecule has 5 nitrogen and oxygen atoms in total. The van der Waals surface area contributed by atoms with Gasteiger partial charge in [-0.15, -0.1) is 0 Å². The summed E-state index contributed by atoms with van der Waals surface area (Å²) in [5.41, 5.74) is 8.65. The lowest BCUT2D eigenvalue weighted by Gasteiger charge is -2.49. The van der Waals surface area contributed by atoms with Crippen molar-refractivity contribution in [3.8, 4) is 0 Å². The van der Waals surface area contributed by atoms with Crippen molar-refractivity contribution in [3.63, 3.8) is 0 Å². The third-order valence-corrected chi connectivity index (χ3v) is 7.65. The monoisotopic (exact) mass is 471 g/mol. The molecule has 0 saturated carbocycles. The number of thioether (sulfide) groups is 1. The molecule has 0 fully saturated rings. The van der Waals surface area contributed by atoms with Crippen molar-refractivity contribution in [3.05, 3.63) is 68.0 Å². The maximum atomic E-state index is 13.7. The van der Waals surface area contributed by atoms with E-state index in [1.54, 1.807) is 11.0 Å². The van der Waals surface area contributed by atoms with E-state index in [1.807, 2.05) is 44.2 Å². The number of nitrogens with two attached hydrogens (primary N) is 1. The number of amides is 2. The average molecular weight is 472 g/mol. The van der Waals surface area contributed by atoms with Gasteiger partial charge in [0.15, 0.2) is 5.17 Å². The predicted molar refractivity (Wildman–Crippen MR) is 127 cm³/mol. The van der Waals surface area contributed by atoms with Gasteiger partial charge in [0.1, 0.15) is 0 Å². The third kappa shape index (κ3) is 2.89. The van der Waals surface area contributed by atoms with E-state index in [9.17, 15) is 9.59 Å². The number of hydrogen-bond donors (Lipinski definition) is 1. The molecule has 0 radical (unpaired) electrons. The summed E-state index contributed by atoms with van der Waals surface area (Å²) in [4.78, 5) is 32.0. The minimum absolute atomic E-state index is 0.141. The zero-order chi connectivity index (χ0) is 22.3. The molecular weight excluding hydrogens is 453 g/mol. The van der Waals surface area contributed by atoms with Crippen molar-refractivity contribution in [2.75, 3.05) is 4.90 Å². The van der Waals surface area contributed by atoms with Crippen LogP contribution in [0.4, 0.5) is 5.69 Å². The zero-order valence-corrected chi connectivity index (χ0v) is 19.5. The van der Waals surface area contributed by atoms with Gasteiger partial charge in [-0.2, -0.15) is 4.99 Å². The Labute approximate surface area is 194 Å². The van der Waals surface area contributed by atoms with E-state index in [2.05, 4.69) is 11.9 Å². The maximum Gasteiger partial charge on any atom is 0.287 e. The number of benzene rings is 2. The van der Waals surface area contributed by atoms with Gasteiger partial charge in [-0.25, -0.2) is 0 Å². The Kier molecular flexibility index (Phi) is 4.39. The largest absolute Gasteiger partial charge is 0.378 e. The SMILES string of the molecule is CC1(c2ccc(Cl)cc2)CC(C)(C)N2C(=O)/C(=C3\SC(N)=NC3=O)c3cc(Cl)cc1c32. The Hall–Kier alpha value is -2.28. The molecular formula is C23H19Cl2N3O2S. The molecule has 2 aromatic carbocycles. The second-order valence-electron chi connectivity index (χ2n) is 8.88. The summed E-state index contributed by atoms with van der Waals surface area (Å²) in [6, 6.07) is 11.5. The van der Waals surface area contributed by atoms with Gasteiger partial charge in [0.25, 0.3) is 11.8 Å². The van der Waals surface area contributed by atoms with Crippen molar-refractivity contribution in [1.82, 2.24) is 0 Å². The van der Waals surface area contributed by atoms with Gasteiger partial charge in [0, 0.05) is 26.6 Å². The first-order chi connectivity index (χ1) is 14.5. The minimum Gasteiger partial charge on any atom is -0.378 e. The molecule has 3 aliphatic heterocycles. The second-order valence-corrected chi connectivity index (χ2v) is 10.8. The van der Waals surface area contributed by atoms with Crippen LogP contribution in [0.5, 0.6) is 0 Å². The van der Waals surface area contributed by atoms with Gasteiger partial charge in [0.05, 0.1) is 16.2 Å². The van der Waals surface area contributed by atoms with Gasteiger partial charge in [0.2, 0.25) is 0 Å². The highest BCUT2D eigenvalue weighted by Gasteiger charge is 2.54. The van der Waals surface area contributed by atoms with E-state index in [4.69, 9.17) is 28.9 Å². The fourth-order valence-corrected chi connectivity index (χ4v) is 6.29. The Balaban J connectivity index is 1.83. The van der Waals surface area contributed by atoms with Crippen molar-refractivity contribution in [1.29, 1.82) is 0 Å². The number of carbonyl (C=O) groups excluding carboxylic acids is 2. The van der Waals surface area contributed by atoms with Gasteiger partial charge in [-0.1, -0.05) is 42.3 Å². The summed E-state index contributed by atoms with van der Waals surface area (Å²) >= 11 is 13.7. The van der Waals surface area contributed by atoms with Crippen LogP contribution in [0.3, 0.4) is 0 Å². The first-order valence-electron chi connectivity index (χ1n) is 9.78. The van der Waals surface area contributed by atoms with Crippen molar-refractivity contribution < 1.29 is 9.59 Å². The van der Waals surface area contributed by atoms with Crippen LogP contribution in [0.25, 0.3) is 5.57 Å². The Bertz CT molecular complexity index is 1250. The van der Waals surface area contributed by atoms with Crippen LogP contribution in [0, 0.1) is 0 Å². The molecule has 31 heavy (non-hydrogen) atoms. The van der Waals surface area contributed by atoms with Crippen molar-refractivity contribution in [2.24, 2.45) is 10.7 Å². The standard InChI is InChI=1S/C23H19Cl2N3O2S/c1-22(2)10-23(3,11-4-6-12(24)7-5-11)15-9-13(25)8-14-16(20(30)28(22)17(14)15)18-19(29)27-21(26)31-18/h4-9H,10H2,1-3H3,(H2,26,27,29)/b18-16-. The maximum absolute atomic E-state index is 13.7. The third-order valence-electron chi connectivity index (χ3n) is 6.29. The minimum atomic E-state index is -0.512. The Morgan fingerprint density at radius 1 is 1.06 bits per heavy atom. The fraction of sp³-hybridized carbons (Fsp3) is 0.261. The highest BCUT2D eigenvalue weighted by Crippen LogP contribution is 2.58. The van der Waals surface area contributed by atoms with Crippen LogP contribution in [0.1, 0.15) is 43.9 Å². The molecule has 2 aromatic rings. The smallest absolute Gasteiger partial charge is 0.287 e. The van der Waals surface area contributed by atoms with E-state index >= 15 is 0 Å². The van der Waals surface area contributed by atoms with E-state index in [1.165, 1.54) is 0 Å². The Morgan fingerprint density at radius 2 is 1.74 bits per heavy atom. The van der Waals surface area contributed by atoms with E-state index in [0.29, 0.717) is 27.6 Å². The second kappa shape index (κ2) is 6.61. The molecule has 0 spiro atoms. The zero-order valence-electron chi connectivity index (χ0n) is 17.1. The molecule has 1 unspecified atom stereocenters. The summed E-state index contributed by atoms with van der Waals surface area (Å²) in [5.74, 6) is -0.708. The molecule has 2 N–H and O–H groups in total. The van der Waals surface area contributed by atoms with Crippen LogP contribution in [-0.2, 0) is 15.0 Å². The van der Waals surface area contributed by atoms with Crippen LogP contribution in [0.2, 0.25) is 10.0 Å². The number of anilines is 1. The van der Waals surface area contributed by atoms with Crippen LogP contribution < -0.4 is 10.6 Å². The molecule has 158 valence electrons. The summed E-state index contributed by atoms with van der Waals surface area (Å²) in [5, 5.41) is 1.31. The lowest BCUT2D eigenvalue weighted by Crippen LogP contribution is -2.54. The van der Waals surface area contributed by atoms with E-state index in [0.717, 1.165) is 28.6 Å². The fourth-order valence-electron chi connectivity index (χ4n) is 5.17. The highest BCUT2D eigenvalue weighted by molar-refractivity contribution is 8.18. The number of nitrogens with zero attached hydrogens (tertiary/aromatic N) is 2. The molecule has 0 aromatic heterocycles. The van der Waals surface area contributed by atoms with Gasteiger partial charge >= 0.3 is 0 Å². The first-order valence-corrected chi connectivity index (χ1v) is 11.4. The lowest BCUT2D eigenvalue weighted by molar-refractivity contribution is -0.115. The van der Waals surface area contributed by atoms with Crippen molar-refractivity contribution in [2.45, 2.75) is 38.1 Å². The first kappa shape index (κ1) is 20.6. The lowest BCUT2D eigenvalue weighted by atomic mass is 9.65. The predicted octanol–water partition coefficient (Wildman–Crippen LogP) is 5.13. The quantitative estimate of drug-likeness (QED) is 0.584. The molecule has 0 bridgehead atoms. The number of halogens is 2. The topological polar surface area (TPSA) is 75.8 Å². The van der Waals surface area contributed by atoms with Crippen LogP contribution in [0.15, 0.2) is 46.3 Å². The molecule has 0 aliphatic carbocycles. The molecule has 5 rings (SSSR count). The summed E-state index contributed by atoms with van der Waals surface area (Å²) in [6.45, 7) is 6.25. The van der Waals surface area contributed by atoms with E-state index in [-0.39, 0.29) is 16.0 Å².